The lowest BCUT2D eigenvalue weighted by molar-refractivity contribution is 0.100. The third-order valence-corrected chi connectivity index (χ3v) is 2.92. The number of Topliss-reactive ketones (excluding diaryl/α,β-unsaturated/α-hetero) is 2. The molecule has 0 aliphatic heterocycles. The molecule has 2 aromatic carbocycles. The number of phenolic OH excluding ortho intramolecular Hbond substituents is 2. The summed E-state index contributed by atoms with van der Waals surface area (Å²) in [6.45, 7) is 2.74. The van der Waals surface area contributed by atoms with Crippen LogP contribution in [0, 0.1) is 5.82 Å². The maximum Gasteiger partial charge on any atom is 0.163 e. The highest BCUT2D eigenvalue weighted by molar-refractivity contribution is 5.96. The topological polar surface area (TPSA) is 83.8 Å². The first-order chi connectivity index (χ1) is 10.8. The first-order valence-corrected chi connectivity index (χ1v) is 6.63. The van der Waals surface area contributed by atoms with Crippen LogP contribution in [0.4, 0.5) is 4.39 Å². The molecule has 0 saturated heterocycles. The number of carbonyl (C=O) groups excluding carboxylic acids is 2. The number of aromatic hydroxyl groups is 2. The molecule has 0 atom stereocenters. The van der Waals surface area contributed by atoms with Gasteiger partial charge in [-0.15, -0.1) is 0 Å². The van der Waals surface area contributed by atoms with E-state index in [1.165, 1.54) is 33.1 Å². The van der Waals surface area contributed by atoms with Crippen molar-refractivity contribution in [3.8, 4) is 17.2 Å². The highest BCUT2D eigenvalue weighted by atomic mass is 19.1. The van der Waals surface area contributed by atoms with Gasteiger partial charge < -0.3 is 14.9 Å². The van der Waals surface area contributed by atoms with Crippen LogP contribution in [0.25, 0.3) is 0 Å². The zero-order valence-electron chi connectivity index (χ0n) is 13.0. The van der Waals surface area contributed by atoms with Gasteiger partial charge in [0.25, 0.3) is 0 Å². The summed E-state index contributed by atoms with van der Waals surface area (Å²) >= 11 is 0. The molecule has 0 aliphatic carbocycles. The molecule has 2 N–H and O–H groups in total. The lowest BCUT2D eigenvalue weighted by atomic mass is 10.1. The normalized spacial score (nSPS) is 9.57. The minimum atomic E-state index is -0.520. The predicted molar refractivity (Wildman–Crippen MR) is 82.7 cm³/mol. The van der Waals surface area contributed by atoms with E-state index in [-0.39, 0.29) is 28.6 Å². The maximum atomic E-state index is 12.4. The summed E-state index contributed by atoms with van der Waals surface area (Å²) in [5, 5.41) is 18.2. The van der Waals surface area contributed by atoms with Crippen LogP contribution in [0.5, 0.6) is 17.2 Å². The fraction of sp³-hybridized carbons (Fsp3) is 0.176. The average Bonchev–Trinajstić information content (AvgIpc) is 2.50. The zero-order chi connectivity index (χ0) is 17.6. The third-order valence-electron chi connectivity index (χ3n) is 2.92. The van der Waals surface area contributed by atoms with Crippen LogP contribution in [0.1, 0.15) is 34.6 Å². The Kier molecular flexibility index (Phi) is 6.26. The molecule has 0 spiro atoms. The van der Waals surface area contributed by atoms with Crippen molar-refractivity contribution in [1.29, 1.82) is 0 Å². The first-order valence-electron chi connectivity index (χ1n) is 6.63. The summed E-state index contributed by atoms with van der Waals surface area (Å²) in [6.07, 6.45) is 0. The minimum Gasteiger partial charge on any atom is -0.507 e. The van der Waals surface area contributed by atoms with Gasteiger partial charge in [0.1, 0.15) is 11.6 Å². The molecule has 5 nitrogen and oxygen atoms in total. The van der Waals surface area contributed by atoms with E-state index in [2.05, 4.69) is 0 Å². The minimum absolute atomic E-state index is 0.0185. The van der Waals surface area contributed by atoms with Crippen LogP contribution >= 0.6 is 0 Å². The second-order valence-electron chi connectivity index (χ2n) is 4.66. The number of hydrogen-bond acceptors (Lipinski definition) is 5. The molecular formula is C17H17FO5. The maximum absolute atomic E-state index is 12.4. The Morgan fingerprint density at radius 1 is 0.957 bits per heavy atom. The van der Waals surface area contributed by atoms with Gasteiger partial charge >= 0.3 is 0 Å². The number of halogens is 1. The van der Waals surface area contributed by atoms with E-state index < -0.39 is 5.82 Å². The third kappa shape index (κ3) is 5.10. The summed E-state index contributed by atoms with van der Waals surface area (Å²) in [5.41, 5.74) is 0.551. The molecule has 0 fully saturated rings. The van der Waals surface area contributed by atoms with Crippen LogP contribution in [0.2, 0.25) is 0 Å². The summed E-state index contributed by atoms with van der Waals surface area (Å²) in [6, 6.07) is 7.78. The number of benzene rings is 2. The number of phenols is 2. The molecule has 0 bridgehead atoms. The van der Waals surface area contributed by atoms with E-state index >= 15 is 0 Å². The summed E-state index contributed by atoms with van der Waals surface area (Å²) in [7, 11) is 1.44. The van der Waals surface area contributed by atoms with Crippen molar-refractivity contribution < 1.29 is 28.9 Å². The molecule has 23 heavy (non-hydrogen) atoms. The second-order valence-corrected chi connectivity index (χ2v) is 4.66. The van der Waals surface area contributed by atoms with E-state index in [4.69, 9.17) is 9.84 Å². The van der Waals surface area contributed by atoms with Gasteiger partial charge in [0.05, 0.1) is 12.7 Å². The predicted octanol–water partition coefficient (Wildman–Crippen LogP) is 3.34. The Morgan fingerprint density at radius 2 is 1.57 bits per heavy atom. The van der Waals surface area contributed by atoms with Crippen molar-refractivity contribution in [3.63, 3.8) is 0 Å². The van der Waals surface area contributed by atoms with Gasteiger partial charge in [-0.2, -0.15) is 0 Å². The van der Waals surface area contributed by atoms with Crippen LogP contribution in [-0.4, -0.2) is 28.9 Å². The van der Waals surface area contributed by atoms with Gasteiger partial charge in [-0.3, -0.25) is 9.59 Å². The Labute approximate surface area is 133 Å². The van der Waals surface area contributed by atoms with Crippen LogP contribution < -0.4 is 4.74 Å². The molecule has 2 aromatic rings. The van der Waals surface area contributed by atoms with Crippen molar-refractivity contribution in [2.24, 2.45) is 0 Å². The van der Waals surface area contributed by atoms with Crippen molar-refractivity contribution in [2.45, 2.75) is 13.8 Å². The molecule has 0 radical (unpaired) electrons. The van der Waals surface area contributed by atoms with Gasteiger partial charge in [0.2, 0.25) is 0 Å². The van der Waals surface area contributed by atoms with Crippen molar-refractivity contribution in [2.75, 3.05) is 7.11 Å². The van der Waals surface area contributed by atoms with E-state index in [0.29, 0.717) is 11.3 Å². The van der Waals surface area contributed by atoms with Crippen molar-refractivity contribution >= 4 is 11.6 Å². The Hall–Kier alpha value is -2.89. The molecule has 0 amide bonds. The zero-order valence-corrected chi connectivity index (χ0v) is 13.0. The number of carbonyl (C=O) groups is 2. The van der Waals surface area contributed by atoms with E-state index in [9.17, 15) is 19.1 Å². The molecule has 122 valence electrons. The molecule has 0 saturated carbocycles. The Bertz CT molecular complexity index is 725. The Balaban J connectivity index is 0.000000231. The molecule has 0 aliphatic rings. The van der Waals surface area contributed by atoms with Crippen molar-refractivity contribution in [3.05, 3.63) is 53.3 Å². The summed E-state index contributed by atoms with van der Waals surface area (Å²) < 4.78 is 17.3. The molecule has 2 rings (SSSR count). The van der Waals surface area contributed by atoms with Crippen LogP contribution in [0.15, 0.2) is 36.4 Å². The van der Waals surface area contributed by atoms with Crippen LogP contribution in [-0.2, 0) is 0 Å². The number of ketones is 2. The Morgan fingerprint density at radius 3 is 2.04 bits per heavy atom. The molecule has 0 unspecified atom stereocenters. The number of methoxy groups -OCH3 is 1. The first kappa shape index (κ1) is 18.2. The largest absolute Gasteiger partial charge is 0.507 e. The molecule has 0 aromatic heterocycles. The fourth-order valence-electron chi connectivity index (χ4n) is 1.69. The van der Waals surface area contributed by atoms with E-state index in [1.807, 2.05) is 0 Å². The van der Waals surface area contributed by atoms with Gasteiger partial charge in [0.15, 0.2) is 23.1 Å². The number of rotatable bonds is 3. The van der Waals surface area contributed by atoms with Gasteiger partial charge in [0, 0.05) is 5.56 Å². The standard InChI is InChI=1S/C9H10O3.C8H7FO2/c1-6(10)7-3-4-8(11)9(5-7)12-2;1-5(10)7-4-6(9)2-3-8(7)11/h3-5,11H,1-2H3;2-4,11H,1H3. The SMILES string of the molecule is CC(=O)c1cc(F)ccc1O.COc1cc(C(C)=O)ccc1O. The van der Waals surface area contributed by atoms with Crippen molar-refractivity contribution in [1.82, 2.24) is 0 Å². The lowest BCUT2D eigenvalue weighted by Crippen LogP contribution is -1.92. The summed E-state index contributed by atoms with van der Waals surface area (Å²) in [4.78, 5) is 21.6. The van der Waals surface area contributed by atoms with Gasteiger partial charge in [-0.1, -0.05) is 0 Å². The smallest absolute Gasteiger partial charge is 0.163 e. The highest BCUT2D eigenvalue weighted by Crippen LogP contribution is 2.26. The summed E-state index contributed by atoms with van der Waals surface area (Å²) in [5.74, 6) is -0.729. The van der Waals surface area contributed by atoms with Gasteiger partial charge in [-0.05, 0) is 50.2 Å². The lowest BCUT2D eigenvalue weighted by Gasteiger charge is -2.03. The quantitative estimate of drug-likeness (QED) is 0.847. The molecule has 6 heteroatoms. The fourth-order valence-corrected chi connectivity index (χ4v) is 1.69. The van der Waals surface area contributed by atoms with E-state index in [1.54, 1.807) is 6.07 Å². The monoisotopic (exact) mass is 320 g/mol. The second kappa shape index (κ2) is 7.93. The molecule has 0 heterocycles. The molecular weight excluding hydrogens is 303 g/mol. The van der Waals surface area contributed by atoms with E-state index in [0.717, 1.165) is 18.2 Å². The average molecular weight is 320 g/mol. The highest BCUT2D eigenvalue weighted by Gasteiger charge is 2.06. The number of hydrogen-bond donors (Lipinski definition) is 2. The van der Waals surface area contributed by atoms with Gasteiger partial charge in [-0.25, -0.2) is 4.39 Å². The number of ether oxygens (including phenoxy) is 1. The van der Waals surface area contributed by atoms with Crippen LogP contribution in [0.3, 0.4) is 0 Å².